The van der Waals surface area contributed by atoms with Crippen molar-refractivity contribution in [2.24, 2.45) is 0 Å². The van der Waals surface area contributed by atoms with Crippen molar-refractivity contribution < 1.29 is 4.79 Å². The Labute approximate surface area is 139 Å². The first-order valence-electron chi connectivity index (χ1n) is 7.53. The van der Waals surface area contributed by atoms with Crippen molar-refractivity contribution in [3.8, 4) is 6.07 Å². The van der Waals surface area contributed by atoms with Crippen LogP contribution in [0.15, 0.2) is 54.6 Å². The molecule has 3 aromatic rings. The molecule has 1 amide bonds. The zero-order chi connectivity index (χ0) is 16.9. The number of H-pyrrole nitrogens is 1. The molecular weight excluding hydrogens is 300 g/mol. The van der Waals surface area contributed by atoms with Crippen LogP contribution in [0.1, 0.15) is 17.0 Å². The zero-order valence-corrected chi connectivity index (χ0v) is 13.2. The quantitative estimate of drug-likeness (QED) is 0.752. The maximum atomic E-state index is 12.3. The Morgan fingerprint density at radius 1 is 1.25 bits per heavy atom. The van der Waals surface area contributed by atoms with Gasteiger partial charge in [0.15, 0.2) is 0 Å². The molecule has 24 heavy (non-hydrogen) atoms. The van der Waals surface area contributed by atoms with E-state index < -0.39 is 0 Å². The number of aromatic amines is 1. The molecule has 0 atom stereocenters. The molecule has 0 radical (unpaired) electrons. The normalized spacial score (nSPS) is 10.8. The SMILES string of the molecule is CN(Cc1nc2ccccc2[nH]1)C(=O)/C=C\c1ccccc1C#N. The van der Waals surface area contributed by atoms with Crippen molar-refractivity contribution in [1.82, 2.24) is 14.9 Å². The fourth-order valence-corrected chi connectivity index (χ4v) is 2.42. The number of benzene rings is 2. The van der Waals surface area contributed by atoms with Crippen molar-refractivity contribution in [2.75, 3.05) is 7.05 Å². The van der Waals surface area contributed by atoms with Crippen LogP contribution in [-0.4, -0.2) is 27.8 Å². The molecule has 5 heteroatoms. The van der Waals surface area contributed by atoms with E-state index in [0.29, 0.717) is 12.1 Å². The largest absolute Gasteiger partial charge is 0.340 e. The minimum Gasteiger partial charge on any atom is -0.340 e. The molecule has 0 bridgehead atoms. The van der Waals surface area contributed by atoms with Crippen LogP contribution in [0, 0.1) is 11.3 Å². The van der Waals surface area contributed by atoms with Crippen LogP contribution in [0.5, 0.6) is 0 Å². The summed E-state index contributed by atoms with van der Waals surface area (Å²) in [4.78, 5) is 21.5. The molecule has 0 aliphatic rings. The number of carbonyl (C=O) groups excluding carboxylic acids is 1. The number of hydrogen-bond donors (Lipinski definition) is 1. The van der Waals surface area contributed by atoms with Gasteiger partial charge in [-0.05, 0) is 29.8 Å². The lowest BCUT2D eigenvalue weighted by Gasteiger charge is -2.13. The summed E-state index contributed by atoms with van der Waals surface area (Å²) in [6.45, 7) is 0.387. The van der Waals surface area contributed by atoms with Crippen LogP contribution in [0.3, 0.4) is 0 Å². The van der Waals surface area contributed by atoms with Crippen molar-refractivity contribution in [1.29, 1.82) is 5.26 Å². The smallest absolute Gasteiger partial charge is 0.246 e. The molecule has 5 nitrogen and oxygen atoms in total. The number of nitrogens with one attached hydrogen (secondary N) is 1. The third-order valence-corrected chi connectivity index (χ3v) is 3.69. The highest BCUT2D eigenvalue weighted by Crippen LogP contribution is 2.12. The number of aromatic nitrogens is 2. The van der Waals surface area contributed by atoms with Crippen molar-refractivity contribution in [2.45, 2.75) is 6.54 Å². The Morgan fingerprint density at radius 3 is 2.79 bits per heavy atom. The lowest BCUT2D eigenvalue weighted by molar-refractivity contribution is -0.125. The second-order valence-corrected chi connectivity index (χ2v) is 5.43. The molecule has 0 saturated carbocycles. The van der Waals surface area contributed by atoms with E-state index in [2.05, 4.69) is 16.0 Å². The number of likely N-dealkylation sites (N-methyl/N-ethyl adjacent to an activating group) is 1. The lowest BCUT2D eigenvalue weighted by Crippen LogP contribution is -2.24. The summed E-state index contributed by atoms with van der Waals surface area (Å²) in [5.74, 6) is 0.584. The highest BCUT2D eigenvalue weighted by atomic mass is 16.2. The standard InChI is InChI=1S/C19H16N4O/c1-23(13-18-21-16-8-4-5-9-17(16)22-18)19(24)11-10-14-6-2-3-7-15(14)12-20/h2-11H,13H2,1H3,(H,21,22)/b11-10-. The first-order chi connectivity index (χ1) is 11.7. The van der Waals surface area contributed by atoms with Gasteiger partial charge in [-0.2, -0.15) is 5.26 Å². The molecule has 0 fully saturated rings. The summed E-state index contributed by atoms with van der Waals surface area (Å²) in [6, 6.07) is 17.0. The van der Waals surface area contributed by atoms with Crippen molar-refractivity contribution in [3.05, 3.63) is 71.6 Å². The van der Waals surface area contributed by atoms with Gasteiger partial charge in [-0.3, -0.25) is 4.79 Å². The first kappa shape index (κ1) is 15.5. The van der Waals surface area contributed by atoms with Gasteiger partial charge in [0.25, 0.3) is 0 Å². The maximum absolute atomic E-state index is 12.3. The number of fused-ring (bicyclic) bond motifs is 1. The summed E-state index contributed by atoms with van der Waals surface area (Å²) in [6.07, 6.45) is 3.13. The van der Waals surface area contributed by atoms with Crippen molar-refractivity contribution >= 4 is 23.0 Å². The molecule has 118 valence electrons. The molecule has 1 heterocycles. The Hall–Kier alpha value is -3.39. The topological polar surface area (TPSA) is 72.8 Å². The number of rotatable bonds is 4. The predicted octanol–water partition coefficient (Wildman–Crippen LogP) is 3.11. The van der Waals surface area contributed by atoms with Gasteiger partial charge in [-0.15, -0.1) is 0 Å². The van der Waals surface area contributed by atoms with Crippen LogP contribution in [-0.2, 0) is 11.3 Å². The van der Waals surface area contributed by atoms with E-state index in [9.17, 15) is 4.79 Å². The highest BCUT2D eigenvalue weighted by molar-refractivity contribution is 5.92. The van der Waals surface area contributed by atoms with E-state index >= 15 is 0 Å². The molecule has 0 aliphatic carbocycles. The van der Waals surface area contributed by atoms with Gasteiger partial charge in [-0.25, -0.2) is 4.98 Å². The third-order valence-electron chi connectivity index (χ3n) is 3.69. The van der Waals surface area contributed by atoms with E-state index in [1.54, 1.807) is 30.2 Å². The van der Waals surface area contributed by atoms with Gasteiger partial charge in [0, 0.05) is 13.1 Å². The Morgan fingerprint density at radius 2 is 2.00 bits per heavy atom. The molecule has 1 aromatic heterocycles. The Kier molecular flexibility index (Phi) is 4.39. The summed E-state index contributed by atoms with van der Waals surface area (Å²) in [7, 11) is 1.72. The number of carbonyl (C=O) groups is 1. The van der Waals surface area contributed by atoms with E-state index in [1.165, 1.54) is 6.08 Å². The van der Waals surface area contributed by atoms with Crippen LogP contribution < -0.4 is 0 Å². The lowest BCUT2D eigenvalue weighted by atomic mass is 10.1. The molecule has 0 unspecified atom stereocenters. The summed E-state index contributed by atoms with van der Waals surface area (Å²) in [5, 5.41) is 9.07. The van der Waals surface area contributed by atoms with Crippen molar-refractivity contribution in [3.63, 3.8) is 0 Å². The number of nitriles is 1. The summed E-state index contributed by atoms with van der Waals surface area (Å²) >= 11 is 0. The van der Waals surface area contributed by atoms with E-state index in [1.807, 2.05) is 36.4 Å². The second-order valence-electron chi connectivity index (χ2n) is 5.43. The van der Waals surface area contributed by atoms with E-state index in [0.717, 1.165) is 22.4 Å². The van der Waals surface area contributed by atoms with Crippen LogP contribution in [0.4, 0.5) is 0 Å². The maximum Gasteiger partial charge on any atom is 0.246 e. The monoisotopic (exact) mass is 316 g/mol. The predicted molar refractivity (Wildman–Crippen MR) is 92.8 cm³/mol. The zero-order valence-electron chi connectivity index (χ0n) is 13.2. The molecule has 0 saturated heterocycles. The fourth-order valence-electron chi connectivity index (χ4n) is 2.42. The molecule has 0 aliphatic heterocycles. The van der Waals surface area contributed by atoms with Gasteiger partial charge < -0.3 is 9.88 Å². The number of amides is 1. The van der Waals surface area contributed by atoms with Crippen LogP contribution in [0.25, 0.3) is 17.1 Å². The number of hydrogen-bond acceptors (Lipinski definition) is 3. The number of para-hydroxylation sites is 2. The third kappa shape index (κ3) is 3.33. The van der Waals surface area contributed by atoms with Gasteiger partial charge in [-0.1, -0.05) is 30.3 Å². The number of imidazole rings is 1. The molecule has 3 rings (SSSR count). The minimum atomic E-state index is -0.150. The Bertz CT molecular complexity index is 916. The van der Waals surface area contributed by atoms with Gasteiger partial charge in [0.1, 0.15) is 5.82 Å². The highest BCUT2D eigenvalue weighted by Gasteiger charge is 2.09. The average Bonchev–Trinajstić information content (AvgIpc) is 3.02. The van der Waals surface area contributed by atoms with Crippen LogP contribution >= 0.6 is 0 Å². The van der Waals surface area contributed by atoms with Gasteiger partial charge in [0.2, 0.25) is 5.91 Å². The van der Waals surface area contributed by atoms with E-state index in [4.69, 9.17) is 5.26 Å². The summed E-state index contributed by atoms with van der Waals surface area (Å²) < 4.78 is 0. The second kappa shape index (κ2) is 6.80. The molecule has 1 N–H and O–H groups in total. The molecular formula is C19H16N4O. The minimum absolute atomic E-state index is 0.150. The molecule has 0 spiro atoms. The Balaban J connectivity index is 1.70. The van der Waals surface area contributed by atoms with E-state index in [-0.39, 0.29) is 5.91 Å². The molecule has 2 aromatic carbocycles. The van der Waals surface area contributed by atoms with Gasteiger partial charge in [0.05, 0.1) is 29.2 Å². The first-order valence-corrected chi connectivity index (χ1v) is 7.53. The fraction of sp³-hybridized carbons (Fsp3) is 0.105. The average molecular weight is 316 g/mol. The van der Waals surface area contributed by atoms with Crippen LogP contribution in [0.2, 0.25) is 0 Å². The van der Waals surface area contributed by atoms with Gasteiger partial charge >= 0.3 is 0 Å². The summed E-state index contributed by atoms with van der Waals surface area (Å²) in [5.41, 5.74) is 3.10. The number of nitrogens with zero attached hydrogens (tertiary/aromatic N) is 3.